The molecule has 0 bridgehead atoms. The van der Waals surface area contributed by atoms with Crippen LogP contribution in [0.1, 0.15) is 32.1 Å². The fraction of sp³-hybridized carbons (Fsp3) is 0.900. The molecule has 1 saturated heterocycles. The molecular formula is C10H17NO2. The molecule has 1 aliphatic carbocycles. The second-order valence-electron chi connectivity index (χ2n) is 4.37. The highest BCUT2D eigenvalue weighted by Crippen LogP contribution is 2.44. The number of hydrogen-bond acceptors (Lipinski definition) is 2. The van der Waals surface area contributed by atoms with Gasteiger partial charge in [0.1, 0.15) is 0 Å². The Morgan fingerprint density at radius 2 is 2.23 bits per heavy atom. The van der Waals surface area contributed by atoms with Crippen LogP contribution < -0.4 is 5.32 Å². The molecule has 1 saturated carbocycles. The van der Waals surface area contributed by atoms with Crippen LogP contribution in [0.15, 0.2) is 0 Å². The van der Waals surface area contributed by atoms with Crippen LogP contribution in [0, 0.1) is 11.3 Å². The minimum absolute atomic E-state index is 0.420. The van der Waals surface area contributed by atoms with E-state index in [4.69, 9.17) is 0 Å². The zero-order valence-electron chi connectivity index (χ0n) is 7.88. The molecule has 2 unspecified atom stereocenters. The van der Waals surface area contributed by atoms with Gasteiger partial charge in [0.25, 0.3) is 0 Å². The number of carboxylic acid groups (broad SMARTS) is 1. The molecule has 0 aromatic rings. The normalized spacial score (nSPS) is 39.5. The molecule has 1 aliphatic heterocycles. The standard InChI is InChI=1S/C10H17NO2/c12-9(13)10-5-2-1-3-8(10)4-6-11-7-10/h8,11H,1-7H2,(H,12,13). The molecule has 0 aromatic carbocycles. The molecule has 2 N–H and O–H groups in total. The summed E-state index contributed by atoms with van der Waals surface area (Å²) in [7, 11) is 0. The Balaban J connectivity index is 2.21. The van der Waals surface area contributed by atoms with E-state index in [2.05, 4.69) is 5.32 Å². The number of nitrogens with one attached hydrogen (secondary N) is 1. The zero-order valence-corrected chi connectivity index (χ0v) is 7.88. The molecule has 3 nitrogen and oxygen atoms in total. The average Bonchev–Trinajstić information content (AvgIpc) is 2.17. The Morgan fingerprint density at radius 3 is 2.92 bits per heavy atom. The fourth-order valence-corrected chi connectivity index (χ4v) is 2.91. The van der Waals surface area contributed by atoms with Crippen LogP contribution in [0.25, 0.3) is 0 Å². The average molecular weight is 183 g/mol. The molecule has 2 atom stereocenters. The summed E-state index contributed by atoms with van der Waals surface area (Å²) in [6, 6.07) is 0. The van der Waals surface area contributed by atoms with Crippen molar-refractivity contribution in [3.05, 3.63) is 0 Å². The zero-order chi connectivity index (χ0) is 9.31. The SMILES string of the molecule is O=C(O)C12CCCCC1CCNC2. The number of piperidine rings is 1. The van der Waals surface area contributed by atoms with Crippen LogP contribution in [0.4, 0.5) is 0 Å². The van der Waals surface area contributed by atoms with E-state index in [-0.39, 0.29) is 0 Å². The van der Waals surface area contributed by atoms with Crippen LogP contribution in [-0.4, -0.2) is 24.2 Å². The van der Waals surface area contributed by atoms with Gasteiger partial charge in [-0.15, -0.1) is 0 Å². The molecule has 2 aliphatic rings. The molecule has 74 valence electrons. The first-order chi connectivity index (χ1) is 6.26. The van der Waals surface area contributed by atoms with Crippen molar-refractivity contribution in [1.29, 1.82) is 0 Å². The monoisotopic (exact) mass is 183 g/mol. The largest absolute Gasteiger partial charge is 0.481 e. The predicted molar refractivity (Wildman–Crippen MR) is 49.5 cm³/mol. The van der Waals surface area contributed by atoms with Crippen LogP contribution in [-0.2, 0) is 4.79 Å². The third kappa shape index (κ3) is 1.35. The van der Waals surface area contributed by atoms with Gasteiger partial charge < -0.3 is 10.4 Å². The lowest BCUT2D eigenvalue weighted by atomic mass is 9.63. The van der Waals surface area contributed by atoms with Crippen molar-refractivity contribution in [2.75, 3.05) is 13.1 Å². The summed E-state index contributed by atoms with van der Waals surface area (Å²) in [5, 5.41) is 12.5. The van der Waals surface area contributed by atoms with Gasteiger partial charge in [-0.05, 0) is 31.7 Å². The van der Waals surface area contributed by atoms with Gasteiger partial charge in [-0.2, -0.15) is 0 Å². The summed E-state index contributed by atoms with van der Waals surface area (Å²) < 4.78 is 0. The minimum atomic E-state index is -0.579. The highest BCUT2D eigenvalue weighted by atomic mass is 16.4. The van der Waals surface area contributed by atoms with Crippen LogP contribution in [0.5, 0.6) is 0 Å². The first kappa shape index (κ1) is 9.00. The van der Waals surface area contributed by atoms with E-state index >= 15 is 0 Å². The third-order valence-electron chi connectivity index (χ3n) is 3.74. The molecule has 2 rings (SSSR count). The van der Waals surface area contributed by atoms with E-state index in [1.165, 1.54) is 6.42 Å². The molecule has 1 heterocycles. The van der Waals surface area contributed by atoms with Gasteiger partial charge in [0, 0.05) is 6.54 Å². The van der Waals surface area contributed by atoms with E-state index in [9.17, 15) is 9.90 Å². The summed E-state index contributed by atoms with van der Waals surface area (Å²) in [4.78, 5) is 11.3. The number of fused-ring (bicyclic) bond motifs is 1. The summed E-state index contributed by atoms with van der Waals surface area (Å²) in [5.74, 6) is -0.149. The Labute approximate surface area is 78.5 Å². The van der Waals surface area contributed by atoms with Gasteiger partial charge in [-0.25, -0.2) is 0 Å². The van der Waals surface area contributed by atoms with E-state index in [0.29, 0.717) is 12.5 Å². The Morgan fingerprint density at radius 1 is 1.38 bits per heavy atom. The van der Waals surface area contributed by atoms with Crippen molar-refractivity contribution in [3.63, 3.8) is 0 Å². The van der Waals surface area contributed by atoms with Crippen molar-refractivity contribution in [2.24, 2.45) is 11.3 Å². The molecule has 2 fully saturated rings. The highest BCUT2D eigenvalue weighted by Gasteiger charge is 2.48. The van der Waals surface area contributed by atoms with Gasteiger partial charge in [-0.3, -0.25) is 4.79 Å². The number of hydrogen-bond donors (Lipinski definition) is 2. The summed E-state index contributed by atoms with van der Waals surface area (Å²) in [6.07, 6.45) is 5.35. The summed E-state index contributed by atoms with van der Waals surface area (Å²) in [6.45, 7) is 1.69. The molecule has 3 heteroatoms. The Hall–Kier alpha value is -0.570. The lowest BCUT2D eigenvalue weighted by molar-refractivity contribution is -0.156. The van der Waals surface area contributed by atoms with Gasteiger partial charge in [-0.1, -0.05) is 12.8 Å². The molecule has 0 spiro atoms. The smallest absolute Gasteiger partial charge is 0.311 e. The second kappa shape index (κ2) is 3.29. The minimum Gasteiger partial charge on any atom is -0.481 e. The molecule has 0 amide bonds. The van der Waals surface area contributed by atoms with Crippen LogP contribution >= 0.6 is 0 Å². The number of aliphatic carboxylic acids is 1. The fourth-order valence-electron chi connectivity index (χ4n) is 2.91. The lowest BCUT2D eigenvalue weighted by Crippen LogP contribution is -2.52. The van der Waals surface area contributed by atoms with E-state index in [0.717, 1.165) is 32.2 Å². The van der Waals surface area contributed by atoms with E-state index in [1.54, 1.807) is 0 Å². The summed E-state index contributed by atoms with van der Waals surface area (Å²) >= 11 is 0. The third-order valence-corrected chi connectivity index (χ3v) is 3.74. The van der Waals surface area contributed by atoms with E-state index < -0.39 is 11.4 Å². The van der Waals surface area contributed by atoms with Crippen molar-refractivity contribution < 1.29 is 9.90 Å². The van der Waals surface area contributed by atoms with Gasteiger partial charge >= 0.3 is 5.97 Å². The van der Waals surface area contributed by atoms with Gasteiger partial charge in [0.05, 0.1) is 5.41 Å². The maximum Gasteiger partial charge on any atom is 0.311 e. The Bertz CT molecular complexity index is 203. The lowest BCUT2D eigenvalue weighted by Gasteiger charge is -2.44. The van der Waals surface area contributed by atoms with Crippen molar-refractivity contribution >= 4 is 5.97 Å². The molecular weight excluding hydrogens is 166 g/mol. The van der Waals surface area contributed by atoms with Crippen LogP contribution in [0.3, 0.4) is 0 Å². The maximum atomic E-state index is 11.3. The van der Waals surface area contributed by atoms with Gasteiger partial charge in [0.2, 0.25) is 0 Å². The highest BCUT2D eigenvalue weighted by molar-refractivity contribution is 5.75. The first-order valence-corrected chi connectivity index (χ1v) is 5.20. The van der Waals surface area contributed by atoms with Crippen LogP contribution in [0.2, 0.25) is 0 Å². The second-order valence-corrected chi connectivity index (χ2v) is 4.37. The van der Waals surface area contributed by atoms with Crippen molar-refractivity contribution in [2.45, 2.75) is 32.1 Å². The molecule has 13 heavy (non-hydrogen) atoms. The number of rotatable bonds is 1. The quantitative estimate of drug-likeness (QED) is 0.643. The molecule has 0 radical (unpaired) electrons. The number of carboxylic acids is 1. The number of carbonyl (C=O) groups is 1. The maximum absolute atomic E-state index is 11.3. The predicted octanol–water partition coefficient (Wildman–Crippen LogP) is 1.24. The topological polar surface area (TPSA) is 49.3 Å². The summed E-state index contributed by atoms with van der Waals surface area (Å²) in [5.41, 5.74) is -0.420. The van der Waals surface area contributed by atoms with Crippen molar-refractivity contribution in [1.82, 2.24) is 5.32 Å². The van der Waals surface area contributed by atoms with Crippen molar-refractivity contribution in [3.8, 4) is 0 Å². The molecule has 0 aromatic heterocycles. The van der Waals surface area contributed by atoms with E-state index in [1.807, 2.05) is 0 Å². The first-order valence-electron chi connectivity index (χ1n) is 5.20. The van der Waals surface area contributed by atoms with Gasteiger partial charge in [0.15, 0.2) is 0 Å². The Kier molecular flexibility index (Phi) is 2.28.